The number of carbonyl (C=O) groups excluding carboxylic acids is 3. The average Bonchev–Trinajstić information content (AvgIpc) is 3.37. The molecule has 0 spiro atoms. The van der Waals surface area contributed by atoms with E-state index in [1.807, 2.05) is 87.2 Å². The summed E-state index contributed by atoms with van der Waals surface area (Å²) in [5.74, 6) is 0.490. The zero-order valence-corrected chi connectivity index (χ0v) is 27.4. The van der Waals surface area contributed by atoms with E-state index in [1.54, 1.807) is 11.0 Å². The monoisotopic (exact) mass is 640 g/mol. The maximum Gasteiger partial charge on any atom is 0.326 e. The number of likely N-dealkylation sites (tertiary alicyclic amines) is 1. The van der Waals surface area contributed by atoms with Gasteiger partial charge in [-0.2, -0.15) is 5.26 Å². The minimum absolute atomic E-state index is 0.00158. The second-order valence-corrected chi connectivity index (χ2v) is 14.5. The largest absolute Gasteiger partial charge is 0.457 e. The molecule has 240 valence electrons. The number of benzene rings is 2. The number of anilines is 1. The van der Waals surface area contributed by atoms with E-state index in [9.17, 15) is 19.6 Å². The molecule has 4 heterocycles. The molecule has 0 bridgehead atoms. The third kappa shape index (κ3) is 6.50. The molecule has 4 unspecified atom stereocenters. The van der Waals surface area contributed by atoms with Crippen LogP contribution in [0.2, 0.25) is 0 Å². The van der Waals surface area contributed by atoms with Crippen molar-refractivity contribution in [2.75, 3.05) is 24.5 Å². The number of para-hydroxylation sites is 1. The highest BCUT2D eigenvalue weighted by atomic mass is 32.2. The van der Waals surface area contributed by atoms with Crippen molar-refractivity contribution in [1.29, 1.82) is 5.26 Å². The average molecular weight is 641 g/mol. The molecule has 0 radical (unpaired) electrons. The Morgan fingerprint density at radius 2 is 1.91 bits per heavy atom. The molecule has 0 saturated carbocycles. The molecule has 0 aromatic heterocycles. The van der Waals surface area contributed by atoms with E-state index in [4.69, 9.17) is 4.74 Å². The van der Waals surface area contributed by atoms with Crippen molar-refractivity contribution in [1.82, 2.24) is 20.9 Å². The fraction of sp³-hybridized carbons (Fsp3) is 0.429. The number of rotatable bonds is 6. The van der Waals surface area contributed by atoms with E-state index in [0.29, 0.717) is 30.2 Å². The summed E-state index contributed by atoms with van der Waals surface area (Å²) in [6.45, 7) is 9.31. The lowest BCUT2D eigenvalue weighted by Gasteiger charge is -2.46. The number of nitriles is 1. The van der Waals surface area contributed by atoms with Crippen LogP contribution in [0.1, 0.15) is 45.6 Å². The van der Waals surface area contributed by atoms with Gasteiger partial charge in [0.15, 0.2) is 0 Å². The van der Waals surface area contributed by atoms with Crippen LogP contribution in [0.15, 0.2) is 70.9 Å². The maximum atomic E-state index is 13.7. The van der Waals surface area contributed by atoms with Gasteiger partial charge in [0.05, 0.1) is 28.1 Å². The van der Waals surface area contributed by atoms with Crippen LogP contribution in [0.25, 0.3) is 0 Å². The molecule has 10 nitrogen and oxygen atoms in total. The van der Waals surface area contributed by atoms with Crippen LogP contribution in [-0.4, -0.2) is 53.8 Å². The van der Waals surface area contributed by atoms with E-state index >= 15 is 0 Å². The van der Waals surface area contributed by atoms with E-state index < -0.39 is 5.92 Å². The second kappa shape index (κ2) is 12.9. The lowest BCUT2D eigenvalue weighted by Crippen LogP contribution is -2.62. The zero-order chi connectivity index (χ0) is 32.6. The van der Waals surface area contributed by atoms with Crippen LogP contribution in [-0.2, 0) is 9.59 Å². The van der Waals surface area contributed by atoms with Crippen LogP contribution >= 0.6 is 11.8 Å². The minimum Gasteiger partial charge on any atom is -0.457 e. The number of aryl methyl sites for hydroxylation is 1. The normalized spacial score (nSPS) is 24.6. The zero-order valence-electron chi connectivity index (χ0n) is 26.6. The number of ether oxygens (including phenoxy) is 1. The van der Waals surface area contributed by atoms with Gasteiger partial charge in [-0.15, -0.1) is 0 Å². The predicted molar refractivity (Wildman–Crippen MR) is 178 cm³/mol. The number of nitrogens with zero attached hydrogens (tertiary/aromatic N) is 3. The van der Waals surface area contributed by atoms with Gasteiger partial charge in [0, 0.05) is 24.7 Å². The number of nitrogens with one attached hydrogen (secondary N) is 3. The van der Waals surface area contributed by atoms with Crippen molar-refractivity contribution >= 4 is 35.3 Å². The summed E-state index contributed by atoms with van der Waals surface area (Å²) in [6, 6.07) is 17.1. The molecule has 2 aromatic carbocycles. The topological polar surface area (TPSA) is 127 Å². The van der Waals surface area contributed by atoms with Crippen molar-refractivity contribution in [2.45, 2.75) is 58.4 Å². The highest BCUT2D eigenvalue weighted by Crippen LogP contribution is 2.47. The fourth-order valence-electron chi connectivity index (χ4n) is 6.74. The molecule has 0 aliphatic carbocycles. The first-order valence-electron chi connectivity index (χ1n) is 15.8. The second-order valence-electron chi connectivity index (χ2n) is 13.4. The SMILES string of the molecule is Cc1cc(Oc2ccccc2)ccc1N1C(=O)NC2=C(NC(=O)C3CCCN(C(=O)/C(C#N)=C/C(C)(C)C)C3)SC3NCCC1C23. The Balaban J connectivity index is 1.18. The lowest BCUT2D eigenvalue weighted by atomic mass is 9.86. The number of amides is 4. The molecular weight excluding hydrogens is 600 g/mol. The molecule has 4 amide bonds. The van der Waals surface area contributed by atoms with Gasteiger partial charge < -0.3 is 25.6 Å². The molecule has 3 saturated heterocycles. The van der Waals surface area contributed by atoms with Gasteiger partial charge >= 0.3 is 6.03 Å². The fourth-order valence-corrected chi connectivity index (χ4v) is 8.14. The Bertz CT molecular complexity index is 1640. The van der Waals surface area contributed by atoms with Crippen LogP contribution in [0.3, 0.4) is 0 Å². The smallest absolute Gasteiger partial charge is 0.326 e. The van der Waals surface area contributed by atoms with Gasteiger partial charge in [0.2, 0.25) is 5.91 Å². The predicted octanol–water partition coefficient (Wildman–Crippen LogP) is 5.39. The summed E-state index contributed by atoms with van der Waals surface area (Å²) in [5, 5.41) is 20.1. The summed E-state index contributed by atoms with van der Waals surface area (Å²) in [6.07, 6.45) is 3.77. The molecule has 4 aliphatic heterocycles. The van der Waals surface area contributed by atoms with E-state index in [-0.39, 0.29) is 52.7 Å². The number of carbonyl (C=O) groups is 3. The maximum absolute atomic E-state index is 13.7. The highest BCUT2D eigenvalue weighted by Gasteiger charge is 2.51. The number of allylic oxidation sites excluding steroid dienone is 1. The van der Waals surface area contributed by atoms with E-state index in [0.717, 1.165) is 35.7 Å². The number of piperidine rings is 2. The molecule has 6 rings (SSSR count). The molecular formula is C35H40N6O4S. The van der Waals surface area contributed by atoms with Gasteiger partial charge in [-0.05, 0) is 74.0 Å². The van der Waals surface area contributed by atoms with Crippen LogP contribution in [0.5, 0.6) is 11.5 Å². The number of thioether (sulfide) groups is 1. The minimum atomic E-state index is -0.414. The van der Waals surface area contributed by atoms with Crippen molar-refractivity contribution in [3.8, 4) is 17.6 Å². The first-order chi connectivity index (χ1) is 22.0. The van der Waals surface area contributed by atoms with Gasteiger partial charge in [0.25, 0.3) is 5.91 Å². The number of hydrogen-bond donors (Lipinski definition) is 3. The Morgan fingerprint density at radius 1 is 1.13 bits per heavy atom. The Kier molecular flexibility index (Phi) is 8.86. The van der Waals surface area contributed by atoms with Crippen LogP contribution in [0, 0.1) is 35.5 Å². The van der Waals surface area contributed by atoms with Crippen molar-refractivity contribution in [3.05, 3.63) is 76.5 Å². The third-order valence-electron chi connectivity index (χ3n) is 8.79. The standard InChI is InChI=1S/C35H40N6O4S/c1-21-17-25(45-24-10-6-5-7-11-24)12-13-26(21)41-27-14-15-37-31-28(27)29(38-34(41)44)32(46-31)39-30(42)22-9-8-16-40(20-22)33(43)23(19-36)18-35(2,3)4/h5-7,10-13,17-18,22,27-28,31,37H,8-9,14-16,20H2,1-4H3,(H,38,44)(H,39,42)/b23-18+. The van der Waals surface area contributed by atoms with Crippen molar-refractivity contribution < 1.29 is 19.1 Å². The molecule has 4 aliphatic rings. The van der Waals surface area contributed by atoms with Crippen LogP contribution in [0.4, 0.5) is 10.5 Å². The quantitative estimate of drug-likeness (QED) is 0.286. The first-order valence-corrected chi connectivity index (χ1v) is 16.7. The Hall–Kier alpha value is -4.27. The highest BCUT2D eigenvalue weighted by molar-refractivity contribution is 8.03. The Morgan fingerprint density at radius 3 is 2.63 bits per heavy atom. The van der Waals surface area contributed by atoms with Crippen LogP contribution < -0.4 is 25.6 Å². The van der Waals surface area contributed by atoms with E-state index in [1.165, 1.54) is 11.8 Å². The number of hydrogen-bond acceptors (Lipinski definition) is 7. The van der Waals surface area contributed by atoms with Gasteiger partial charge in [-0.3, -0.25) is 14.5 Å². The third-order valence-corrected chi connectivity index (χ3v) is 10.1. The summed E-state index contributed by atoms with van der Waals surface area (Å²) in [7, 11) is 0. The van der Waals surface area contributed by atoms with Gasteiger partial charge in [-0.25, -0.2) is 4.79 Å². The molecule has 3 fully saturated rings. The van der Waals surface area contributed by atoms with Gasteiger partial charge in [-0.1, -0.05) is 56.8 Å². The molecule has 3 N–H and O–H groups in total. The van der Waals surface area contributed by atoms with E-state index in [2.05, 4.69) is 16.0 Å². The Labute approximate surface area is 274 Å². The summed E-state index contributed by atoms with van der Waals surface area (Å²) >= 11 is 1.53. The van der Waals surface area contributed by atoms with Gasteiger partial charge in [0.1, 0.15) is 23.1 Å². The number of urea groups is 1. The summed E-state index contributed by atoms with van der Waals surface area (Å²) in [4.78, 5) is 44.0. The molecule has 11 heteroatoms. The summed E-state index contributed by atoms with van der Waals surface area (Å²) < 4.78 is 6.02. The van der Waals surface area contributed by atoms with Crippen molar-refractivity contribution in [2.24, 2.45) is 17.3 Å². The molecule has 46 heavy (non-hydrogen) atoms. The summed E-state index contributed by atoms with van der Waals surface area (Å²) in [5.41, 5.74) is 2.29. The molecule has 2 aromatic rings. The first kappa shape index (κ1) is 31.7. The lowest BCUT2D eigenvalue weighted by molar-refractivity contribution is -0.132. The van der Waals surface area contributed by atoms with Crippen molar-refractivity contribution in [3.63, 3.8) is 0 Å². The molecule has 4 atom stereocenters.